The Morgan fingerprint density at radius 1 is 0.450 bits per heavy atom. The Morgan fingerprint density at radius 2 is 0.850 bits per heavy atom. The molecule has 40 heavy (non-hydrogen) atoms. The van der Waals surface area contributed by atoms with Gasteiger partial charge in [-0.05, 0) is 115 Å². The normalized spacial score (nSPS) is 23.9. The molecule has 0 spiro atoms. The summed E-state index contributed by atoms with van der Waals surface area (Å²) in [7, 11) is -8.98. The van der Waals surface area contributed by atoms with Crippen molar-refractivity contribution in [2.75, 3.05) is 0 Å². The Labute approximate surface area is 247 Å². The lowest BCUT2D eigenvalue weighted by Gasteiger charge is -2.49. The van der Waals surface area contributed by atoms with Gasteiger partial charge in [0, 0.05) is 0 Å². The summed E-state index contributed by atoms with van der Waals surface area (Å²) in [6.45, 7) is 31.3. The zero-order valence-corrected chi connectivity index (χ0v) is 31.0. The van der Waals surface area contributed by atoms with Crippen LogP contribution >= 0.6 is 33.0 Å². The highest BCUT2D eigenvalue weighted by Gasteiger charge is 2.55. The molecule has 0 aromatic carbocycles. The fourth-order valence-corrected chi connectivity index (χ4v) is 14.0. The third-order valence-electron chi connectivity index (χ3n) is 3.66. The molecule has 12 nitrogen and oxygen atoms in total. The summed E-state index contributed by atoms with van der Waals surface area (Å²) in [5.74, 6) is 0. The van der Waals surface area contributed by atoms with Crippen LogP contribution in [0, 0.1) is 0 Å². The van der Waals surface area contributed by atoms with E-state index in [1.54, 1.807) is 13.8 Å². The zero-order chi connectivity index (χ0) is 30.9. The Bertz CT molecular complexity index is 763. The highest BCUT2D eigenvalue weighted by molar-refractivity contribution is 7.78. The quantitative estimate of drug-likeness (QED) is 0.149. The highest BCUT2D eigenvalue weighted by Crippen LogP contribution is 2.80. The molecule has 3 unspecified atom stereocenters. The van der Waals surface area contributed by atoms with Gasteiger partial charge in [-0.1, -0.05) is 9.21 Å². The van der Waals surface area contributed by atoms with Gasteiger partial charge >= 0.3 is 7.66 Å². The van der Waals surface area contributed by atoms with Crippen LogP contribution in [0.5, 0.6) is 0 Å². The molecule has 1 rings (SSSR count). The molecular weight excluding hydrogens is 596 g/mol. The number of rotatable bonds is 16. The maximum Gasteiger partial charge on any atom is 0.328 e. The second-order valence-corrected chi connectivity index (χ2v) is 18.7. The van der Waals surface area contributed by atoms with E-state index in [9.17, 15) is 0 Å². The van der Waals surface area contributed by atoms with Crippen LogP contribution in [-0.2, 0) is 37.1 Å². The molecule has 0 radical (unpaired) electrons. The fourth-order valence-electron chi connectivity index (χ4n) is 2.84. The molecule has 1 aliphatic rings. The minimum Gasteiger partial charge on any atom is -0.325 e. The molecule has 0 saturated heterocycles. The van der Waals surface area contributed by atoms with E-state index in [1.807, 2.05) is 111 Å². The molecule has 0 fully saturated rings. The monoisotopic (exact) mass is 652 g/mol. The van der Waals surface area contributed by atoms with E-state index < -0.39 is 33.0 Å². The molecule has 1 aliphatic heterocycles. The summed E-state index contributed by atoms with van der Waals surface area (Å²) in [4.78, 5) is 19.6. The highest BCUT2D eigenvalue weighted by atomic mass is 31.3. The van der Waals surface area contributed by atoms with Gasteiger partial charge in [-0.15, -0.1) is 0 Å². The Morgan fingerprint density at radius 3 is 1.23 bits per heavy atom. The largest absolute Gasteiger partial charge is 0.328 e. The van der Waals surface area contributed by atoms with E-state index in [4.69, 9.17) is 41.6 Å². The number of nitrogens with zero attached hydrogens (tertiary/aromatic N) is 4. The maximum atomic E-state index is 6.68. The predicted octanol–water partition coefficient (Wildman–Crippen LogP) is 9.68. The van der Waals surface area contributed by atoms with Crippen LogP contribution in [0.4, 0.5) is 0 Å². The maximum absolute atomic E-state index is 6.68. The van der Waals surface area contributed by atoms with Crippen molar-refractivity contribution in [1.82, 2.24) is 13.8 Å². The first-order valence-corrected chi connectivity index (χ1v) is 19.2. The van der Waals surface area contributed by atoms with Gasteiger partial charge in [0.1, 0.15) is 0 Å². The Balaban J connectivity index is 4.32. The lowest BCUT2D eigenvalue weighted by Crippen LogP contribution is -2.37. The van der Waals surface area contributed by atoms with Gasteiger partial charge < -0.3 is 22.6 Å². The number of hydrogen-bond acceptors (Lipinski definition) is 12. The van der Waals surface area contributed by atoms with E-state index in [0.29, 0.717) is 0 Å². The standard InChI is InChI=1S/C24H56N4O8P4/c1-17(2)29-26-37(32-20(7)8)25-40(35-23(13)14,36-24(15)16)28(31-19(5)6)39(34-22(11)12)27(30-18(3)4)38(26)33-21(9)10/h17-24H,1-16H3. The van der Waals surface area contributed by atoms with E-state index >= 15 is 0 Å². The third kappa shape index (κ3) is 13.0. The van der Waals surface area contributed by atoms with Crippen molar-refractivity contribution in [2.45, 2.75) is 160 Å². The van der Waals surface area contributed by atoms with Crippen LogP contribution in [-0.4, -0.2) is 62.6 Å². The summed E-state index contributed by atoms with van der Waals surface area (Å²) in [6.07, 6.45) is -1.75. The lowest BCUT2D eigenvalue weighted by atomic mass is 10.5. The van der Waals surface area contributed by atoms with Crippen LogP contribution in [0.3, 0.4) is 0 Å². The van der Waals surface area contributed by atoms with Crippen LogP contribution in [0.1, 0.15) is 111 Å². The van der Waals surface area contributed by atoms with Gasteiger partial charge in [-0.25, -0.2) is 0 Å². The zero-order valence-electron chi connectivity index (χ0n) is 27.5. The minimum atomic E-state index is -3.43. The summed E-state index contributed by atoms with van der Waals surface area (Å²) >= 11 is 0. The molecule has 0 N–H and O–H groups in total. The summed E-state index contributed by atoms with van der Waals surface area (Å²) in [5, 5.41) is 0. The molecule has 3 atom stereocenters. The van der Waals surface area contributed by atoms with E-state index in [0.717, 1.165) is 0 Å². The average Bonchev–Trinajstić information content (AvgIpc) is 2.74. The van der Waals surface area contributed by atoms with Gasteiger partial charge in [0.05, 0.1) is 48.8 Å². The van der Waals surface area contributed by atoms with Crippen molar-refractivity contribution in [3.63, 3.8) is 0 Å². The smallest absolute Gasteiger partial charge is 0.325 e. The summed E-state index contributed by atoms with van der Waals surface area (Å²) in [6, 6.07) is 0. The second kappa shape index (κ2) is 18.1. The summed E-state index contributed by atoms with van der Waals surface area (Å²) < 4.78 is 43.5. The van der Waals surface area contributed by atoms with Crippen LogP contribution in [0.2, 0.25) is 0 Å². The molecule has 0 aliphatic carbocycles. The minimum absolute atomic E-state index is 0.174. The van der Waals surface area contributed by atoms with Crippen molar-refractivity contribution in [2.24, 2.45) is 4.52 Å². The molecule has 0 aromatic heterocycles. The SMILES string of the molecule is CC(C)ON1P(OC(C)C)N=P(OC(C)C)(OC(C)C)N(OC(C)C)P(OC(C)C)N(OC(C)C)P1OC(C)C. The third-order valence-corrected chi connectivity index (χ3v) is 13.8. The van der Waals surface area contributed by atoms with Crippen molar-refractivity contribution < 1.29 is 37.1 Å². The summed E-state index contributed by atoms with van der Waals surface area (Å²) in [5.41, 5.74) is 0. The molecule has 16 heteroatoms. The van der Waals surface area contributed by atoms with Crippen molar-refractivity contribution >= 4 is 33.0 Å². The van der Waals surface area contributed by atoms with Gasteiger partial charge in [0.2, 0.25) is 0 Å². The number of hydrogen-bond donors (Lipinski definition) is 0. The molecule has 0 bridgehead atoms. The van der Waals surface area contributed by atoms with E-state index in [-0.39, 0.29) is 48.8 Å². The molecular formula is C24H56N4O8P4. The molecule has 0 aromatic rings. The van der Waals surface area contributed by atoms with Crippen LogP contribution in [0.25, 0.3) is 0 Å². The van der Waals surface area contributed by atoms with Crippen LogP contribution < -0.4 is 0 Å². The first-order chi connectivity index (χ1) is 18.4. The average molecular weight is 653 g/mol. The Kier molecular flexibility index (Phi) is 17.7. The molecule has 0 saturated carbocycles. The van der Waals surface area contributed by atoms with Crippen molar-refractivity contribution in [1.29, 1.82) is 0 Å². The van der Waals surface area contributed by atoms with Crippen molar-refractivity contribution in [3.8, 4) is 0 Å². The van der Waals surface area contributed by atoms with E-state index in [1.165, 1.54) is 0 Å². The Hall–Kier alpha value is 1.08. The van der Waals surface area contributed by atoms with Crippen molar-refractivity contribution in [3.05, 3.63) is 0 Å². The predicted molar refractivity (Wildman–Crippen MR) is 165 cm³/mol. The van der Waals surface area contributed by atoms with Gasteiger partial charge in [0.25, 0.3) is 25.3 Å². The van der Waals surface area contributed by atoms with Gasteiger partial charge in [0.15, 0.2) is 0 Å². The van der Waals surface area contributed by atoms with Gasteiger partial charge in [-0.2, -0.15) is 4.52 Å². The second-order valence-electron chi connectivity index (χ2n) is 11.3. The first-order valence-electron chi connectivity index (χ1n) is 14.2. The topological polar surface area (TPSA) is 95.9 Å². The first kappa shape index (κ1) is 39.1. The molecule has 1 heterocycles. The molecule has 0 amide bonds. The molecule has 240 valence electrons. The lowest BCUT2D eigenvalue weighted by molar-refractivity contribution is -0.132. The van der Waals surface area contributed by atoms with Gasteiger partial charge in [-0.3, -0.25) is 14.5 Å². The van der Waals surface area contributed by atoms with E-state index in [2.05, 4.69) is 0 Å². The van der Waals surface area contributed by atoms with Crippen LogP contribution in [0.15, 0.2) is 4.52 Å². The fraction of sp³-hybridized carbons (Fsp3) is 1.00.